The first-order valence-electron chi connectivity index (χ1n) is 13.4. The fourth-order valence-corrected chi connectivity index (χ4v) is 42.1. The Balaban J connectivity index is 0.00000152. The maximum atomic E-state index is 2.60. The number of halogens is 2. The molecule has 4 aliphatic carbocycles. The molecule has 0 spiro atoms. The van der Waals surface area contributed by atoms with Crippen molar-refractivity contribution in [2.75, 3.05) is 0 Å². The third-order valence-corrected chi connectivity index (χ3v) is 39.9. The quantitative estimate of drug-likeness (QED) is 0.316. The molecule has 0 aromatic heterocycles. The first-order valence-corrected chi connectivity index (χ1v) is 24.6. The van der Waals surface area contributed by atoms with Crippen molar-refractivity contribution < 1.29 is 17.4 Å². The summed E-state index contributed by atoms with van der Waals surface area (Å²) < 4.78 is 4.82. The van der Waals surface area contributed by atoms with Crippen LogP contribution in [0.15, 0.2) is 108 Å². The molecule has 4 heteroatoms. The van der Waals surface area contributed by atoms with Gasteiger partial charge in [0.25, 0.3) is 0 Å². The summed E-state index contributed by atoms with van der Waals surface area (Å²) >= 11 is -4.06. The summed E-state index contributed by atoms with van der Waals surface area (Å²) in [5.74, 6) is 2.93. The molecule has 4 aliphatic rings. The van der Waals surface area contributed by atoms with Crippen LogP contribution in [0.4, 0.5) is 0 Å². The number of fused-ring (bicyclic) bond motifs is 2. The molecule has 2 saturated carbocycles. The van der Waals surface area contributed by atoms with Gasteiger partial charge in [0, 0.05) is 0 Å². The van der Waals surface area contributed by atoms with Gasteiger partial charge >= 0.3 is 210 Å². The molecule has 190 valence electrons. The second kappa shape index (κ2) is 10.7. The minimum Gasteiger partial charge on any atom is -0.147 e. The van der Waals surface area contributed by atoms with E-state index in [1.807, 2.05) is 0 Å². The van der Waals surface area contributed by atoms with Gasteiger partial charge in [-0.2, -0.15) is 0 Å². The third kappa shape index (κ3) is 3.93. The van der Waals surface area contributed by atoms with Crippen LogP contribution >= 0.6 is 24.8 Å². The fourth-order valence-electron chi connectivity index (χ4n) is 9.20. The van der Waals surface area contributed by atoms with Crippen molar-refractivity contribution in [3.63, 3.8) is 0 Å². The Morgan fingerprint density at radius 3 is 1.42 bits per heavy atom. The Bertz CT molecular complexity index is 1170. The predicted molar refractivity (Wildman–Crippen MR) is 161 cm³/mol. The average molecular weight is 615 g/mol. The van der Waals surface area contributed by atoms with Gasteiger partial charge in [0.05, 0.1) is 0 Å². The molecule has 0 amide bonds. The summed E-state index contributed by atoms with van der Waals surface area (Å²) in [6.07, 6.45) is 19.9. The molecule has 0 radical (unpaired) electrons. The normalized spacial score (nSPS) is 30.9. The van der Waals surface area contributed by atoms with Crippen LogP contribution in [0.2, 0.25) is 7.25 Å². The summed E-state index contributed by atoms with van der Waals surface area (Å²) in [5, 5.41) is 0. The maximum Gasteiger partial charge on any atom is -0.147 e. The Morgan fingerprint density at radius 1 is 0.639 bits per heavy atom. The zero-order valence-corrected chi connectivity index (χ0v) is 27.1. The molecule has 0 bridgehead atoms. The maximum absolute atomic E-state index is 4.06. The predicted octanol–water partition coefficient (Wildman–Crippen LogP) is 7.38. The van der Waals surface area contributed by atoms with Gasteiger partial charge in [-0.25, -0.2) is 0 Å². The summed E-state index contributed by atoms with van der Waals surface area (Å²) in [4.78, 5) is 0. The molecule has 6 unspecified atom stereocenters. The van der Waals surface area contributed by atoms with Gasteiger partial charge in [-0.1, -0.05) is 0 Å². The molecule has 36 heavy (non-hydrogen) atoms. The molecule has 6 atom stereocenters. The molecule has 2 aromatic rings. The van der Waals surface area contributed by atoms with E-state index in [2.05, 4.69) is 118 Å². The van der Waals surface area contributed by atoms with Gasteiger partial charge < -0.3 is 0 Å². The number of benzene rings is 2. The van der Waals surface area contributed by atoms with E-state index in [-0.39, 0.29) is 24.8 Å². The number of hydrogen-bond acceptors (Lipinski definition) is 0. The summed E-state index contributed by atoms with van der Waals surface area (Å²) in [5.41, 5.74) is 3.59. The summed E-state index contributed by atoms with van der Waals surface area (Å²) in [6.45, 7) is 7.77. The molecule has 0 N–H and O–H groups in total. The van der Waals surface area contributed by atoms with Gasteiger partial charge in [0.1, 0.15) is 0 Å². The van der Waals surface area contributed by atoms with Crippen LogP contribution in [0.25, 0.3) is 0 Å². The molecule has 0 heterocycles. The number of hydrogen-bond donors (Lipinski definition) is 0. The van der Waals surface area contributed by atoms with E-state index in [0.29, 0.717) is 7.25 Å². The molecule has 6 rings (SSSR count). The zero-order chi connectivity index (χ0) is 23.4. The molecule has 0 aliphatic heterocycles. The largest absolute Gasteiger partial charge is 0.147 e. The molecular weight excluding hydrogens is 575 g/mol. The van der Waals surface area contributed by atoms with E-state index < -0.39 is 17.4 Å². The molecule has 2 aromatic carbocycles. The standard InChI is InChI=1S/2C10H13.2C6H5.2ClH.H2Si.Zr/c2*1-8-6-9-4-2-3-5-10(9)7-8;2*1-2-4-6-5-3-1;;;;/h2*2-4,6,8,10H,5,7H2,1H3;2*1-5H;2*1H;1H2;. The fraction of sp³-hybridized carbons (Fsp3) is 0.375. The van der Waals surface area contributed by atoms with Crippen molar-refractivity contribution in [2.45, 2.75) is 46.8 Å². The van der Waals surface area contributed by atoms with Gasteiger partial charge in [-0.15, -0.1) is 24.8 Å². The second-order valence-corrected chi connectivity index (χ2v) is 34.7. The molecular formula is C32H40Cl2SiZr. The SMILES string of the molecule is CC1CC2CC=CC=C2[CH]1[Zr](=[SiH2])([c]1ccccc1)([c]1ccccc1)[CH]1C2=CC=CCC2CC1C.Cl.Cl. The Morgan fingerprint density at radius 2 is 1.03 bits per heavy atom. The van der Waals surface area contributed by atoms with Crippen LogP contribution in [-0.4, -0.2) is 6.88 Å². The Kier molecular flexibility index (Phi) is 8.34. The number of rotatable bonds is 4. The van der Waals surface area contributed by atoms with E-state index in [1.54, 1.807) is 17.7 Å². The first kappa shape index (κ1) is 28.1. The topological polar surface area (TPSA) is 0 Å². The molecule has 0 nitrogen and oxygen atoms in total. The van der Waals surface area contributed by atoms with Crippen LogP contribution in [0, 0.1) is 23.7 Å². The first-order chi connectivity index (χ1) is 16.5. The average Bonchev–Trinajstić information content (AvgIpc) is 3.41. The van der Waals surface area contributed by atoms with Gasteiger partial charge in [-0.05, 0) is 0 Å². The van der Waals surface area contributed by atoms with E-state index in [1.165, 1.54) is 25.7 Å². The van der Waals surface area contributed by atoms with E-state index in [4.69, 9.17) is 0 Å². The van der Waals surface area contributed by atoms with E-state index >= 15 is 0 Å². The van der Waals surface area contributed by atoms with Crippen molar-refractivity contribution in [3.8, 4) is 0 Å². The monoisotopic (exact) mass is 612 g/mol. The van der Waals surface area contributed by atoms with E-state index in [0.717, 1.165) is 23.7 Å². The van der Waals surface area contributed by atoms with Crippen molar-refractivity contribution in [1.29, 1.82) is 0 Å². The van der Waals surface area contributed by atoms with Crippen molar-refractivity contribution in [1.82, 2.24) is 0 Å². The minimum absolute atomic E-state index is 0. The van der Waals surface area contributed by atoms with Crippen LogP contribution in [0.5, 0.6) is 0 Å². The van der Waals surface area contributed by atoms with Crippen LogP contribution in [0.1, 0.15) is 39.5 Å². The molecule has 0 saturated heterocycles. The zero-order valence-electron chi connectivity index (χ0n) is 21.6. The van der Waals surface area contributed by atoms with E-state index in [9.17, 15) is 0 Å². The van der Waals surface area contributed by atoms with Crippen molar-refractivity contribution >= 4 is 38.2 Å². The van der Waals surface area contributed by atoms with Crippen LogP contribution < -0.4 is 6.54 Å². The van der Waals surface area contributed by atoms with Crippen LogP contribution in [-0.2, 0) is 17.4 Å². The minimum atomic E-state index is -4.06. The van der Waals surface area contributed by atoms with Crippen LogP contribution in [0.3, 0.4) is 0 Å². The Hall–Kier alpha value is -0.920. The third-order valence-electron chi connectivity index (χ3n) is 10.1. The summed E-state index contributed by atoms with van der Waals surface area (Å²) in [6, 6.07) is 24.0. The summed E-state index contributed by atoms with van der Waals surface area (Å²) in [7, 11) is 0. The van der Waals surface area contributed by atoms with Crippen molar-refractivity contribution in [3.05, 3.63) is 108 Å². The Labute approximate surface area is 232 Å². The van der Waals surface area contributed by atoms with Crippen molar-refractivity contribution in [2.24, 2.45) is 23.7 Å². The van der Waals surface area contributed by atoms with Gasteiger partial charge in [-0.3, -0.25) is 0 Å². The molecule has 2 fully saturated rings. The van der Waals surface area contributed by atoms with Gasteiger partial charge in [0.2, 0.25) is 0 Å². The number of allylic oxidation sites excluding steroid dienone is 8. The van der Waals surface area contributed by atoms with Gasteiger partial charge in [0.15, 0.2) is 0 Å². The smallest absolute Gasteiger partial charge is 0.147 e. The second-order valence-electron chi connectivity index (χ2n) is 11.8.